The van der Waals surface area contributed by atoms with Gasteiger partial charge in [0.1, 0.15) is 16.7 Å². The van der Waals surface area contributed by atoms with Gasteiger partial charge in [0, 0.05) is 21.2 Å². The lowest BCUT2D eigenvalue weighted by molar-refractivity contribution is -0.119. The summed E-state index contributed by atoms with van der Waals surface area (Å²) >= 11 is 1.44. The first kappa shape index (κ1) is 21.2. The number of ether oxygens (including phenoxy) is 1. The standard InChI is InChI=1S/C26H22N2O4S/c1-14-7-9-19-20(12-27)25(33-21(19)11-14)28-22(29)13-31-26(30)23-15(2)17-10-8-16-5-3-4-6-18(16)24(17)32-23/h3-6,8,10,14H,7,9,11,13H2,1-2H3,(H,28,29)/t14-/m0/s1. The van der Waals surface area contributed by atoms with Gasteiger partial charge in [-0.1, -0.05) is 43.3 Å². The smallest absolute Gasteiger partial charge is 0.375 e. The number of thiophene rings is 1. The second kappa shape index (κ2) is 8.38. The number of esters is 1. The zero-order valence-corrected chi connectivity index (χ0v) is 19.2. The van der Waals surface area contributed by atoms with Crippen LogP contribution in [0.5, 0.6) is 0 Å². The summed E-state index contributed by atoms with van der Waals surface area (Å²) in [4.78, 5) is 26.4. The minimum atomic E-state index is -0.692. The number of rotatable bonds is 4. The number of nitrogens with zero attached hydrogens (tertiary/aromatic N) is 1. The number of carbonyl (C=O) groups is 2. The molecule has 6 nitrogen and oxygen atoms in total. The molecule has 166 valence electrons. The quantitative estimate of drug-likeness (QED) is 0.393. The van der Waals surface area contributed by atoms with Crippen LogP contribution >= 0.6 is 11.3 Å². The van der Waals surface area contributed by atoms with Crippen LogP contribution in [0, 0.1) is 24.2 Å². The Hall–Kier alpha value is -3.63. The molecule has 33 heavy (non-hydrogen) atoms. The molecular weight excluding hydrogens is 436 g/mol. The van der Waals surface area contributed by atoms with Crippen LogP contribution in [0.3, 0.4) is 0 Å². The third kappa shape index (κ3) is 3.77. The Balaban J connectivity index is 1.31. The van der Waals surface area contributed by atoms with E-state index in [1.54, 1.807) is 6.92 Å². The van der Waals surface area contributed by atoms with E-state index in [-0.39, 0.29) is 5.76 Å². The van der Waals surface area contributed by atoms with Crippen molar-refractivity contribution in [1.29, 1.82) is 5.26 Å². The second-order valence-corrected chi connectivity index (χ2v) is 9.62. The number of hydrogen-bond acceptors (Lipinski definition) is 6. The summed E-state index contributed by atoms with van der Waals surface area (Å²) in [6, 6.07) is 13.9. The van der Waals surface area contributed by atoms with Crippen LogP contribution < -0.4 is 5.32 Å². The van der Waals surface area contributed by atoms with Gasteiger partial charge in [-0.2, -0.15) is 5.26 Å². The fourth-order valence-electron chi connectivity index (χ4n) is 4.46. The van der Waals surface area contributed by atoms with E-state index in [0.717, 1.165) is 45.9 Å². The van der Waals surface area contributed by atoms with Crippen molar-refractivity contribution in [2.75, 3.05) is 11.9 Å². The molecule has 7 heteroatoms. The van der Waals surface area contributed by atoms with Crippen molar-refractivity contribution in [2.45, 2.75) is 33.1 Å². The lowest BCUT2D eigenvalue weighted by Crippen LogP contribution is -2.21. The molecule has 5 rings (SSSR count). The van der Waals surface area contributed by atoms with E-state index < -0.39 is 18.5 Å². The summed E-state index contributed by atoms with van der Waals surface area (Å²) < 4.78 is 11.1. The van der Waals surface area contributed by atoms with Crippen LogP contribution in [0.25, 0.3) is 21.7 Å². The highest BCUT2D eigenvalue weighted by molar-refractivity contribution is 7.16. The van der Waals surface area contributed by atoms with Gasteiger partial charge in [0.15, 0.2) is 6.61 Å². The van der Waals surface area contributed by atoms with Crippen molar-refractivity contribution in [1.82, 2.24) is 0 Å². The van der Waals surface area contributed by atoms with E-state index in [0.29, 0.717) is 27.6 Å². The number of aryl methyl sites for hydroxylation is 1. The topological polar surface area (TPSA) is 92.3 Å². The Bertz CT molecular complexity index is 1460. The maximum absolute atomic E-state index is 12.7. The number of fused-ring (bicyclic) bond motifs is 4. The zero-order valence-electron chi connectivity index (χ0n) is 18.4. The van der Waals surface area contributed by atoms with Crippen molar-refractivity contribution in [3.63, 3.8) is 0 Å². The van der Waals surface area contributed by atoms with Crippen molar-refractivity contribution < 1.29 is 18.7 Å². The first-order valence-corrected chi connectivity index (χ1v) is 11.7. The number of furan rings is 1. The Morgan fingerprint density at radius 2 is 2.06 bits per heavy atom. The monoisotopic (exact) mass is 458 g/mol. The van der Waals surface area contributed by atoms with E-state index in [4.69, 9.17) is 9.15 Å². The number of anilines is 1. The van der Waals surface area contributed by atoms with Gasteiger partial charge in [0.25, 0.3) is 5.91 Å². The van der Waals surface area contributed by atoms with E-state index in [9.17, 15) is 14.9 Å². The van der Waals surface area contributed by atoms with Crippen LogP contribution in [-0.2, 0) is 22.4 Å². The van der Waals surface area contributed by atoms with E-state index >= 15 is 0 Å². The third-order valence-corrected chi connectivity index (χ3v) is 7.39. The molecule has 1 amide bonds. The predicted octanol–water partition coefficient (Wildman–Crippen LogP) is 5.75. The third-order valence-electron chi connectivity index (χ3n) is 6.22. The highest BCUT2D eigenvalue weighted by atomic mass is 32.1. The van der Waals surface area contributed by atoms with Crippen LogP contribution in [0.4, 0.5) is 5.00 Å². The molecule has 2 heterocycles. The zero-order chi connectivity index (χ0) is 23.1. The Morgan fingerprint density at radius 1 is 1.24 bits per heavy atom. The van der Waals surface area contributed by atoms with Gasteiger partial charge in [-0.25, -0.2) is 4.79 Å². The fraction of sp³-hybridized carbons (Fsp3) is 0.269. The molecule has 0 unspecified atom stereocenters. The van der Waals surface area contributed by atoms with Crippen molar-refractivity contribution in [3.05, 3.63) is 63.7 Å². The minimum absolute atomic E-state index is 0.0902. The summed E-state index contributed by atoms with van der Waals surface area (Å²) in [5.74, 6) is -0.516. The molecule has 0 aliphatic heterocycles. The van der Waals surface area contributed by atoms with Gasteiger partial charge in [-0.05, 0) is 43.1 Å². The largest absolute Gasteiger partial charge is 0.450 e. The number of nitrogens with one attached hydrogen (secondary N) is 1. The number of carbonyl (C=O) groups excluding carboxylic acids is 2. The van der Waals surface area contributed by atoms with Crippen LogP contribution in [0.1, 0.15) is 45.5 Å². The van der Waals surface area contributed by atoms with Gasteiger partial charge in [0.2, 0.25) is 5.76 Å². The minimum Gasteiger partial charge on any atom is -0.450 e. The van der Waals surface area contributed by atoms with Crippen LogP contribution in [0.2, 0.25) is 0 Å². The van der Waals surface area contributed by atoms with E-state index in [1.807, 2.05) is 36.4 Å². The van der Waals surface area contributed by atoms with Crippen molar-refractivity contribution in [2.24, 2.45) is 5.92 Å². The first-order valence-electron chi connectivity index (χ1n) is 10.9. The molecule has 0 bridgehead atoms. The molecule has 2 aromatic carbocycles. The Morgan fingerprint density at radius 3 is 2.88 bits per heavy atom. The average Bonchev–Trinajstić information content (AvgIpc) is 3.33. The van der Waals surface area contributed by atoms with Gasteiger partial charge in [-0.3, -0.25) is 4.79 Å². The second-order valence-electron chi connectivity index (χ2n) is 8.51. The SMILES string of the molecule is Cc1c(C(=O)OCC(=O)Nc2sc3c(c2C#N)CC[C@H](C)C3)oc2c1ccc1ccccc12. The predicted molar refractivity (Wildman–Crippen MR) is 128 cm³/mol. The molecule has 0 radical (unpaired) electrons. The molecule has 1 aliphatic rings. The molecule has 1 N–H and O–H groups in total. The summed E-state index contributed by atoms with van der Waals surface area (Å²) in [5.41, 5.74) is 2.87. The van der Waals surface area contributed by atoms with Gasteiger partial charge in [0.05, 0.1) is 5.56 Å². The molecule has 0 spiro atoms. The van der Waals surface area contributed by atoms with Gasteiger partial charge < -0.3 is 14.5 Å². The summed E-state index contributed by atoms with van der Waals surface area (Å²) in [5, 5.41) is 15.6. The molecule has 2 aromatic heterocycles. The summed E-state index contributed by atoms with van der Waals surface area (Å²) in [6.07, 6.45) is 2.80. The first-order chi connectivity index (χ1) is 16.0. The van der Waals surface area contributed by atoms with E-state index in [2.05, 4.69) is 18.3 Å². The normalized spacial score (nSPS) is 15.2. The highest BCUT2D eigenvalue weighted by Crippen LogP contribution is 2.39. The number of hydrogen-bond donors (Lipinski definition) is 1. The molecule has 1 aliphatic carbocycles. The van der Waals surface area contributed by atoms with Crippen LogP contribution in [-0.4, -0.2) is 18.5 Å². The average molecular weight is 459 g/mol. The lowest BCUT2D eigenvalue weighted by atomic mass is 9.89. The Labute approximate surface area is 194 Å². The molecule has 1 atom stereocenters. The van der Waals surface area contributed by atoms with Gasteiger partial charge in [-0.15, -0.1) is 11.3 Å². The molecule has 0 saturated carbocycles. The summed E-state index contributed by atoms with van der Waals surface area (Å²) in [6.45, 7) is 3.53. The molecular formula is C26H22N2O4S. The van der Waals surface area contributed by atoms with Crippen molar-refractivity contribution in [3.8, 4) is 6.07 Å². The van der Waals surface area contributed by atoms with Gasteiger partial charge >= 0.3 is 5.97 Å². The summed E-state index contributed by atoms with van der Waals surface area (Å²) in [7, 11) is 0. The fourth-order valence-corrected chi connectivity index (χ4v) is 5.84. The molecule has 0 saturated heterocycles. The van der Waals surface area contributed by atoms with E-state index in [1.165, 1.54) is 11.3 Å². The lowest BCUT2D eigenvalue weighted by Gasteiger charge is -2.17. The maximum Gasteiger partial charge on any atom is 0.375 e. The molecule has 0 fully saturated rings. The number of nitriles is 1. The van der Waals surface area contributed by atoms with Crippen LogP contribution in [0.15, 0.2) is 40.8 Å². The maximum atomic E-state index is 12.7. The molecule has 4 aromatic rings. The highest BCUT2D eigenvalue weighted by Gasteiger charge is 2.25. The van der Waals surface area contributed by atoms with Crippen molar-refractivity contribution >= 4 is 50.0 Å². The number of amides is 1. The number of benzene rings is 2. The Kier molecular flexibility index (Phi) is 5.39.